The molecule has 94 valence electrons. The van der Waals surface area contributed by atoms with E-state index in [-0.39, 0.29) is 5.28 Å². The second kappa shape index (κ2) is 5.69. The van der Waals surface area contributed by atoms with Crippen molar-refractivity contribution in [3.63, 3.8) is 0 Å². The fourth-order valence-corrected chi connectivity index (χ4v) is 1.91. The van der Waals surface area contributed by atoms with Gasteiger partial charge in [-0.15, -0.1) is 0 Å². The third-order valence-electron chi connectivity index (χ3n) is 2.01. The monoisotopic (exact) mass is 347 g/mol. The van der Waals surface area contributed by atoms with Gasteiger partial charge in [-0.25, -0.2) is 0 Å². The second-order valence-electron chi connectivity index (χ2n) is 3.25. The Bertz CT molecular complexity index is 578. The lowest BCUT2D eigenvalue weighted by Gasteiger charge is -2.08. The quantitative estimate of drug-likeness (QED) is 0.884. The molecule has 5 nitrogen and oxygen atoms in total. The van der Waals surface area contributed by atoms with E-state index >= 15 is 0 Å². The van der Waals surface area contributed by atoms with Gasteiger partial charge in [-0.1, -0.05) is 11.6 Å². The number of halogens is 3. The third kappa shape index (κ3) is 3.22. The fraction of sp³-hybridized carbons (Fsp3) is 0.100. The largest absolute Gasteiger partial charge is 0.357 e. The van der Waals surface area contributed by atoms with Crippen LogP contribution in [0.5, 0.6) is 0 Å². The van der Waals surface area contributed by atoms with Crippen LogP contribution in [0.3, 0.4) is 0 Å². The molecule has 0 amide bonds. The highest BCUT2D eigenvalue weighted by atomic mass is 79.9. The van der Waals surface area contributed by atoms with Crippen LogP contribution in [0, 0.1) is 0 Å². The van der Waals surface area contributed by atoms with Gasteiger partial charge in [0.25, 0.3) is 0 Å². The summed E-state index contributed by atoms with van der Waals surface area (Å²) >= 11 is 15.1. The average molecular weight is 349 g/mol. The smallest absolute Gasteiger partial charge is 0.233 e. The molecule has 18 heavy (non-hydrogen) atoms. The molecule has 1 aromatic carbocycles. The first-order valence-corrected chi connectivity index (χ1v) is 6.45. The van der Waals surface area contributed by atoms with Gasteiger partial charge in [0.1, 0.15) is 0 Å². The van der Waals surface area contributed by atoms with E-state index in [0.29, 0.717) is 16.9 Å². The minimum absolute atomic E-state index is 0.106. The number of anilines is 3. The topological polar surface area (TPSA) is 62.7 Å². The maximum absolute atomic E-state index is 5.92. The van der Waals surface area contributed by atoms with Gasteiger partial charge < -0.3 is 10.6 Å². The van der Waals surface area contributed by atoms with Crippen molar-refractivity contribution in [2.24, 2.45) is 0 Å². The molecule has 0 bridgehead atoms. The maximum Gasteiger partial charge on any atom is 0.233 e. The first-order valence-electron chi connectivity index (χ1n) is 4.90. The summed E-state index contributed by atoms with van der Waals surface area (Å²) in [6.45, 7) is 0. The van der Waals surface area contributed by atoms with Crippen LogP contribution >= 0.6 is 39.1 Å². The molecule has 0 aliphatic heterocycles. The highest BCUT2D eigenvalue weighted by Crippen LogP contribution is 2.28. The van der Waals surface area contributed by atoms with Crippen molar-refractivity contribution in [3.8, 4) is 0 Å². The summed E-state index contributed by atoms with van der Waals surface area (Å²) < 4.78 is 0.842. The van der Waals surface area contributed by atoms with Crippen LogP contribution in [0.1, 0.15) is 0 Å². The molecular weight excluding hydrogens is 341 g/mol. The first-order chi connectivity index (χ1) is 8.58. The summed E-state index contributed by atoms with van der Waals surface area (Å²) in [6.07, 6.45) is 0. The second-order valence-corrected chi connectivity index (χ2v) is 4.88. The van der Waals surface area contributed by atoms with Crippen molar-refractivity contribution >= 4 is 56.7 Å². The molecule has 0 atom stereocenters. The number of rotatable bonds is 3. The molecule has 0 unspecified atom stereocenters. The van der Waals surface area contributed by atoms with Crippen LogP contribution in [-0.4, -0.2) is 22.0 Å². The number of aromatic nitrogens is 3. The normalized spacial score (nSPS) is 10.2. The summed E-state index contributed by atoms with van der Waals surface area (Å²) in [4.78, 5) is 12.0. The lowest BCUT2D eigenvalue weighted by Crippen LogP contribution is -2.04. The Labute approximate surface area is 122 Å². The Morgan fingerprint density at radius 1 is 1.11 bits per heavy atom. The predicted octanol–water partition coefficient (Wildman–Crippen LogP) is 3.73. The molecule has 0 aliphatic carbocycles. The predicted molar refractivity (Wildman–Crippen MR) is 76.8 cm³/mol. The Morgan fingerprint density at radius 3 is 2.56 bits per heavy atom. The third-order valence-corrected chi connectivity index (χ3v) is 3.10. The van der Waals surface area contributed by atoms with Crippen molar-refractivity contribution in [1.29, 1.82) is 0 Å². The number of benzene rings is 1. The fourth-order valence-electron chi connectivity index (χ4n) is 1.23. The van der Waals surface area contributed by atoms with Gasteiger partial charge in [0, 0.05) is 16.5 Å². The number of hydrogen-bond donors (Lipinski definition) is 2. The Hall–Kier alpha value is -1.11. The lowest BCUT2D eigenvalue weighted by molar-refractivity contribution is 1.05. The van der Waals surface area contributed by atoms with E-state index in [9.17, 15) is 0 Å². The molecule has 8 heteroatoms. The van der Waals surface area contributed by atoms with Crippen molar-refractivity contribution in [2.45, 2.75) is 0 Å². The summed E-state index contributed by atoms with van der Waals surface area (Å²) in [5.41, 5.74) is 0.742. The van der Waals surface area contributed by atoms with E-state index < -0.39 is 0 Å². The van der Waals surface area contributed by atoms with Gasteiger partial charge in [-0.05, 0) is 45.7 Å². The molecule has 0 aliphatic rings. The van der Waals surface area contributed by atoms with Crippen LogP contribution in [0.25, 0.3) is 0 Å². The van der Waals surface area contributed by atoms with Crippen molar-refractivity contribution in [1.82, 2.24) is 15.0 Å². The Balaban J connectivity index is 2.33. The average Bonchev–Trinajstić information content (AvgIpc) is 2.33. The Kier molecular flexibility index (Phi) is 4.21. The van der Waals surface area contributed by atoms with Gasteiger partial charge in [0.2, 0.25) is 17.2 Å². The zero-order valence-electron chi connectivity index (χ0n) is 9.21. The van der Waals surface area contributed by atoms with Crippen LogP contribution < -0.4 is 10.6 Å². The zero-order chi connectivity index (χ0) is 13.1. The molecule has 0 saturated heterocycles. The molecule has 1 heterocycles. The van der Waals surface area contributed by atoms with E-state index in [2.05, 4.69) is 41.5 Å². The Morgan fingerprint density at radius 2 is 1.83 bits per heavy atom. The van der Waals surface area contributed by atoms with Crippen molar-refractivity contribution in [2.75, 3.05) is 17.7 Å². The van der Waals surface area contributed by atoms with E-state index in [1.165, 1.54) is 0 Å². The number of hydrogen-bond acceptors (Lipinski definition) is 5. The van der Waals surface area contributed by atoms with Crippen LogP contribution in [-0.2, 0) is 0 Å². The van der Waals surface area contributed by atoms with Gasteiger partial charge in [0.15, 0.2) is 0 Å². The van der Waals surface area contributed by atoms with E-state index in [4.69, 9.17) is 23.2 Å². The van der Waals surface area contributed by atoms with E-state index in [1.807, 2.05) is 6.07 Å². The summed E-state index contributed by atoms with van der Waals surface area (Å²) in [6, 6.07) is 5.35. The number of nitrogens with one attached hydrogen (secondary N) is 2. The maximum atomic E-state index is 5.92. The van der Waals surface area contributed by atoms with Crippen molar-refractivity contribution in [3.05, 3.63) is 33.0 Å². The first kappa shape index (κ1) is 13.3. The SMILES string of the molecule is CNc1nc(Cl)nc(Nc2cc(Cl)ccc2Br)n1. The standard InChI is InChI=1S/C10H8BrCl2N5/c1-14-9-16-8(13)17-10(18-9)15-7-4-5(12)2-3-6(7)11/h2-4H,1H3,(H2,14,15,16,17,18). The molecular formula is C10H8BrCl2N5. The molecule has 0 spiro atoms. The molecule has 0 saturated carbocycles. The van der Waals surface area contributed by atoms with Crippen LogP contribution in [0.4, 0.5) is 17.6 Å². The van der Waals surface area contributed by atoms with E-state index in [0.717, 1.165) is 10.2 Å². The summed E-state index contributed by atoms with van der Waals surface area (Å²) in [7, 11) is 1.70. The summed E-state index contributed by atoms with van der Waals surface area (Å²) in [5.74, 6) is 0.720. The van der Waals surface area contributed by atoms with Crippen LogP contribution in [0.15, 0.2) is 22.7 Å². The van der Waals surface area contributed by atoms with Gasteiger partial charge in [-0.2, -0.15) is 15.0 Å². The summed E-state index contributed by atoms with van der Waals surface area (Å²) in [5, 5.41) is 6.52. The molecule has 2 N–H and O–H groups in total. The minimum atomic E-state index is 0.106. The van der Waals surface area contributed by atoms with Crippen LogP contribution in [0.2, 0.25) is 10.3 Å². The van der Waals surface area contributed by atoms with Gasteiger partial charge in [-0.3, -0.25) is 0 Å². The minimum Gasteiger partial charge on any atom is -0.357 e. The van der Waals surface area contributed by atoms with Gasteiger partial charge >= 0.3 is 0 Å². The molecule has 0 fully saturated rings. The van der Waals surface area contributed by atoms with E-state index in [1.54, 1.807) is 19.2 Å². The molecule has 1 aromatic heterocycles. The van der Waals surface area contributed by atoms with Crippen molar-refractivity contribution < 1.29 is 0 Å². The molecule has 0 radical (unpaired) electrons. The highest BCUT2D eigenvalue weighted by Gasteiger charge is 2.06. The zero-order valence-corrected chi connectivity index (χ0v) is 12.3. The molecule has 2 aromatic rings. The lowest BCUT2D eigenvalue weighted by atomic mass is 10.3. The highest BCUT2D eigenvalue weighted by molar-refractivity contribution is 9.10. The molecule has 2 rings (SSSR count). The van der Waals surface area contributed by atoms with Gasteiger partial charge in [0.05, 0.1) is 5.69 Å². The number of nitrogens with zero attached hydrogens (tertiary/aromatic N) is 3.